The van der Waals surface area contributed by atoms with E-state index in [9.17, 15) is 0 Å². The summed E-state index contributed by atoms with van der Waals surface area (Å²) >= 11 is 2.05. The van der Waals surface area contributed by atoms with Crippen LogP contribution >= 0.6 is 11.8 Å². The molecule has 0 aliphatic carbocycles. The molecule has 29 heavy (non-hydrogen) atoms. The molecule has 2 atom stereocenters. The molecular formula is C21H34N4O3S. The summed E-state index contributed by atoms with van der Waals surface area (Å²) in [7, 11) is 5.17. The van der Waals surface area contributed by atoms with Crippen LogP contribution in [-0.4, -0.2) is 82.5 Å². The molecule has 162 valence electrons. The molecule has 1 aromatic carbocycles. The first kappa shape index (κ1) is 22.1. The number of guanidine groups is 1. The average molecular weight is 423 g/mol. The number of thioether (sulfide) groups is 1. The van der Waals surface area contributed by atoms with Crippen LogP contribution in [0.5, 0.6) is 11.5 Å². The summed E-state index contributed by atoms with van der Waals surface area (Å²) in [4.78, 5) is 6.87. The second-order valence-electron chi connectivity index (χ2n) is 7.25. The van der Waals surface area contributed by atoms with Crippen LogP contribution in [0.25, 0.3) is 0 Å². The molecule has 1 aromatic rings. The van der Waals surface area contributed by atoms with Crippen LogP contribution in [0.2, 0.25) is 0 Å². The number of nitrogens with one attached hydrogen (secondary N) is 2. The predicted molar refractivity (Wildman–Crippen MR) is 120 cm³/mol. The summed E-state index contributed by atoms with van der Waals surface area (Å²) in [5.41, 5.74) is 1.19. The van der Waals surface area contributed by atoms with Crippen LogP contribution in [0.1, 0.15) is 24.4 Å². The third-order valence-corrected chi connectivity index (χ3v) is 6.88. The maximum absolute atomic E-state index is 5.56. The van der Waals surface area contributed by atoms with Crippen LogP contribution in [-0.2, 0) is 4.74 Å². The van der Waals surface area contributed by atoms with Gasteiger partial charge in [0.2, 0.25) is 0 Å². The van der Waals surface area contributed by atoms with Crippen LogP contribution < -0.4 is 20.1 Å². The highest BCUT2D eigenvalue weighted by atomic mass is 32.2. The number of aliphatic imine (C=N–C) groups is 1. The molecule has 2 aliphatic heterocycles. The van der Waals surface area contributed by atoms with Crippen LogP contribution in [0.3, 0.4) is 0 Å². The molecule has 2 N–H and O–H groups in total. The maximum atomic E-state index is 5.56. The molecule has 0 radical (unpaired) electrons. The Balaban J connectivity index is 1.68. The first-order valence-corrected chi connectivity index (χ1v) is 11.4. The number of hydrogen-bond acceptors (Lipinski definition) is 6. The Labute approximate surface area is 178 Å². The highest BCUT2D eigenvalue weighted by Gasteiger charge is 2.24. The fraction of sp³-hybridized carbons (Fsp3) is 0.667. The van der Waals surface area contributed by atoms with Crippen molar-refractivity contribution in [1.82, 2.24) is 15.5 Å². The van der Waals surface area contributed by atoms with Crippen LogP contribution in [0.15, 0.2) is 23.2 Å². The van der Waals surface area contributed by atoms with E-state index in [0.29, 0.717) is 5.25 Å². The van der Waals surface area contributed by atoms with E-state index >= 15 is 0 Å². The van der Waals surface area contributed by atoms with Crippen molar-refractivity contribution in [1.29, 1.82) is 0 Å². The normalized spacial score (nSPS) is 21.6. The minimum Gasteiger partial charge on any atom is -0.493 e. The third-order valence-electron chi connectivity index (χ3n) is 5.49. The van der Waals surface area contributed by atoms with Gasteiger partial charge in [-0.2, -0.15) is 11.8 Å². The van der Waals surface area contributed by atoms with Gasteiger partial charge in [-0.1, -0.05) is 6.07 Å². The van der Waals surface area contributed by atoms with Crippen molar-refractivity contribution in [3.05, 3.63) is 23.8 Å². The highest BCUT2D eigenvalue weighted by Crippen LogP contribution is 2.32. The van der Waals surface area contributed by atoms with E-state index in [4.69, 9.17) is 14.2 Å². The lowest BCUT2D eigenvalue weighted by Gasteiger charge is -2.35. The Kier molecular flexibility index (Phi) is 8.76. The topological polar surface area (TPSA) is 67.4 Å². The van der Waals surface area contributed by atoms with Gasteiger partial charge in [-0.15, -0.1) is 0 Å². The molecule has 3 rings (SSSR count). The van der Waals surface area contributed by atoms with Crippen molar-refractivity contribution < 1.29 is 14.2 Å². The van der Waals surface area contributed by atoms with E-state index in [2.05, 4.69) is 44.4 Å². The zero-order chi connectivity index (χ0) is 20.5. The summed E-state index contributed by atoms with van der Waals surface area (Å²) in [5.74, 6) is 3.63. The molecular weight excluding hydrogens is 388 g/mol. The van der Waals surface area contributed by atoms with E-state index in [1.165, 1.54) is 24.2 Å². The Hall–Kier alpha value is -1.64. The van der Waals surface area contributed by atoms with E-state index in [1.807, 2.05) is 13.1 Å². The summed E-state index contributed by atoms with van der Waals surface area (Å²) in [6.45, 7) is 5.05. The molecule has 7 nitrogen and oxygen atoms in total. The number of morpholine rings is 1. The van der Waals surface area contributed by atoms with Crippen molar-refractivity contribution in [2.75, 3.05) is 66.4 Å². The Morgan fingerprint density at radius 2 is 2.03 bits per heavy atom. The zero-order valence-electron chi connectivity index (χ0n) is 17.8. The van der Waals surface area contributed by atoms with Gasteiger partial charge >= 0.3 is 0 Å². The molecule has 2 heterocycles. The Bertz CT molecular complexity index is 661. The van der Waals surface area contributed by atoms with Crippen molar-refractivity contribution >= 4 is 17.7 Å². The number of ether oxygens (including phenoxy) is 3. The second kappa shape index (κ2) is 11.5. The van der Waals surface area contributed by atoms with E-state index in [1.54, 1.807) is 14.2 Å². The molecule has 2 saturated heterocycles. The first-order chi connectivity index (χ1) is 14.2. The summed E-state index contributed by atoms with van der Waals surface area (Å²) in [6.07, 6.45) is 2.61. The van der Waals surface area contributed by atoms with Crippen molar-refractivity contribution in [2.24, 2.45) is 4.99 Å². The summed E-state index contributed by atoms with van der Waals surface area (Å²) in [6, 6.07) is 6.37. The zero-order valence-corrected chi connectivity index (χ0v) is 18.6. The van der Waals surface area contributed by atoms with Crippen molar-refractivity contribution in [3.63, 3.8) is 0 Å². The lowest BCUT2D eigenvalue weighted by Crippen LogP contribution is -2.47. The van der Waals surface area contributed by atoms with Gasteiger partial charge in [0.05, 0.1) is 33.5 Å². The monoisotopic (exact) mass is 422 g/mol. The Morgan fingerprint density at radius 1 is 1.24 bits per heavy atom. The number of benzene rings is 1. The predicted octanol–water partition coefficient (Wildman–Crippen LogP) is 2.14. The summed E-state index contributed by atoms with van der Waals surface area (Å²) in [5, 5.41) is 7.71. The van der Waals surface area contributed by atoms with Gasteiger partial charge in [-0.05, 0) is 36.3 Å². The van der Waals surface area contributed by atoms with E-state index in [0.717, 1.165) is 56.9 Å². The summed E-state index contributed by atoms with van der Waals surface area (Å²) < 4.78 is 16.5. The molecule has 0 saturated carbocycles. The number of methoxy groups -OCH3 is 2. The SMILES string of the molecule is CN=C(NCC1CCCS1)NCC(c1ccc(OC)c(OC)c1)N1CCOCC1. The minimum absolute atomic E-state index is 0.193. The van der Waals surface area contributed by atoms with Crippen molar-refractivity contribution in [3.8, 4) is 11.5 Å². The van der Waals surface area contributed by atoms with E-state index < -0.39 is 0 Å². The minimum atomic E-state index is 0.193. The van der Waals surface area contributed by atoms with Gasteiger partial charge in [0, 0.05) is 38.5 Å². The van der Waals surface area contributed by atoms with Gasteiger partial charge in [0.15, 0.2) is 17.5 Å². The molecule has 2 aliphatic rings. The fourth-order valence-corrected chi connectivity index (χ4v) is 5.04. The van der Waals surface area contributed by atoms with Gasteiger partial charge in [0.25, 0.3) is 0 Å². The molecule has 0 bridgehead atoms. The quantitative estimate of drug-likeness (QED) is 0.491. The molecule has 0 amide bonds. The van der Waals surface area contributed by atoms with Crippen LogP contribution in [0, 0.1) is 0 Å². The Morgan fingerprint density at radius 3 is 2.69 bits per heavy atom. The molecule has 0 aromatic heterocycles. The lowest BCUT2D eigenvalue weighted by molar-refractivity contribution is 0.0169. The third kappa shape index (κ3) is 6.17. The second-order valence-corrected chi connectivity index (χ2v) is 8.66. The lowest BCUT2D eigenvalue weighted by atomic mass is 10.0. The molecule has 2 fully saturated rings. The van der Waals surface area contributed by atoms with E-state index in [-0.39, 0.29) is 6.04 Å². The molecule has 0 spiro atoms. The largest absolute Gasteiger partial charge is 0.493 e. The fourth-order valence-electron chi connectivity index (χ4n) is 3.84. The van der Waals surface area contributed by atoms with Gasteiger partial charge in [-0.3, -0.25) is 9.89 Å². The molecule has 2 unspecified atom stereocenters. The first-order valence-electron chi connectivity index (χ1n) is 10.3. The van der Waals surface area contributed by atoms with Crippen LogP contribution in [0.4, 0.5) is 0 Å². The standard InChI is InChI=1S/C21H34N4O3S/c1-22-21(23-14-17-5-4-12-29-17)24-15-18(25-8-10-28-11-9-25)16-6-7-19(26-2)20(13-16)27-3/h6-7,13,17-18H,4-5,8-12,14-15H2,1-3H3,(H2,22,23,24). The number of hydrogen-bond donors (Lipinski definition) is 2. The average Bonchev–Trinajstić information content (AvgIpc) is 3.30. The van der Waals surface area contributed by atoms with Gasteiger partial charge < -0.3 is 24.8 Å². The highest BCUT2D eigenvalue weighted by molar-refractivity contribution is 8.00. The molecule has 8 heteroatoms. The van der Waals surface area contributed by atoms with Gasteiger partial charge in [-0.25, -0.2) is 0 Å². The number of rotatable bonds is 8. The van der Waals surface area contributed by atoms with Crippen molar-refractivity contribution in [2.45, 2.75) is 24.1 Å². The number of nitrogens with zero attached hydrogens (tertiary/aromatic N) is 2. The van der Waals surface area contributed by atoms with Gasteiger partial charge in [0.1, 0.15) is 0 Å². The maximum Gasteiger partial charge on any atom is 0.191 e. The smallest absolute Gasteiger partial charge is 0.191 e.